The van der Waals surface area contributed by atoms with Crippen molar-refractivity contribution in [3.63, 3.8) is 0 Å². The maximum absolute atomic E-state index is 12.1. The second-order valence-electron chi connectivity index (χ2n) is 4.70. The van der Waals surface area contributed by atoms with E-state index in [1.807, 2.05) is 31.2 Å². The molecule has 0 aliphatic rings. The van der Waals surface area contributed by atoms with Crippen LogP contribution in [-0.4, -0.2) is 18.6 Å². The van der Waals surface area contributed by atoms with Gasteiger partial charge in [-0.3, -0.25) is 0 Å². The van der Waals surface area contributed by atoms with Crippen LogP contribution in [0, 0.1) is 6.92 Å². The first-order chi connectivity index (χ1) is 11.0. The number of aromatic nitrogens is 2. The Morgan fingerprint density at radius 2 is 2.00 bits per heavy atom. The smallest absolute Gasteiger partial charge is 0.250 e. The summed E-state index contributed by atoms with van der Waals surface area (Å²) in [6, 6.07) is 10.6. The number of nitrogens with zero attached hydrogens (tertiary/aromatic N) is 2. The fourth-order valence-corrected chi connectivity index (χ4v) is 4.42. The maximum atomic E-state index is 12.1. The lowest BCUT2D eigenvalue weighted by molar-refractivity contribution is 0.494. The molecule has 3 rings (SSSR count). The summed E-state index contributed by atoms with van der Waals surface area (Å²) in [6.07, 6.45) is 0. The van der Waals surface area contributed by atoms with E-state index in [9.17, 15) is 8.42 Å². The topological polar surface area (TPSA) is 85.1 Å². The molecule has 1 N–H and O–H groups in total. The molecule has 0 unspecified atom stereocenters. The fourth-order valence-electron chi connectivity index (χ4n) is 1.92. The molecule has 120 valence electrons. The Hall–Kier alpha value is -1.74. The summed E-state index contributed by atoms with van der Waals surface area (Å²) in [5.41, 5.74) is 1.82. The van der Waals surface area contributed by atoms with Gasteiger partial charge < -0.3 is 4.42 Å². The molecule has 23 heavy (non-hydrogen) atoms. The van der Waals surface area contributed by atoms with E-state index in [1.165, 1.54) is 12.1 Å². The number of hydrogen-bond donors (Lipinski definition) is 1. The van der Waals surface area contributed by atoms with E-state index in [1.54, 1.807) is 0 Å². The number of thiophene rings is 1. The normalized spacial score (nSPS) is 11.7. The number of sulfonamides is 1. The van der Waals surface area contributed by atoms with Gasteiger partial charge in [0.05, 0.1) is 10.9 Å². The minimum Gasteiger partial charge on any atom is -0.419 e. The molecule has 3 aromatic rings. The van der Waals surface area contributed by atoms with Crippen molar-refractivity contribution in [3.05, 3.63) is 52.2 Å². The van der Waals surface area contributed by atoms with Gasteiger partial charge in [0.25, 0.3) is 10.0 Å². The quantitative estimate of drug-likeness (QED) is 0.746. The Morgan fingerprint density at radius 3 is 2.70 bits per heavy atom. The van der Waals surface area contributed by atoms with Gasteiger partial charge in [-0.05, 0) is 30.7 Å². The van der Waals surface area contributed by atoms with Gasteiger partial charge in [0, 0.05) is 5.56 Å². The van der Waals surface area contributed by atoms with Crippen molar-refractivity contribution in [2.24, 2.45) is 0 Å². The van der Waals surface area contributed by atoms with E-state index in [4.69, 9.17) is 16.0 Å². The molecule has 0 amide bonds. The van der Waals surface area contributed by atoms with Crippen molar-refractivity contribution in [1.82, 2.24) is 14.9 Å². The van der Waals surface area contributed by atoms with E-state index < -0.39 is 10.0 Å². The largest absolute Gasteiger partial charge is 0.419 e. The van der Waals surface area contributed by atoms with Gasteiger partial charge in [-0.1, -0.05) is 29.8 Å². The fraction of sp³-hybridized carbons (Fsp3) is 0.143. The summed E-state index contributed by atoms with van der Waals surface area (Å²) < 4.78 is 32.7. The summed E-state index contributed by atoms with van der Waals surface area (Å²) in [4.78, 5) is 0. The third kappa shape index (κ3) is 3.61. The highest BCUT2D eigenvalue weighted by atomic mass is 35.5. The molecule has 2 aromatic heterocycles. The van der Waals surface area contributed by atoms with Gasteiger partial charge in [-0.25, -0.2) is 13.1 Å². The Morgan fingerprint density at radius 1 is 1.22 bits per heavy atom. The molecule has 6 nitrogen and oxygen atoms in total. The van der Waals surface area contributed by atoms with Crippen molar-refractivity contribution in [2.45, 2.75) is 17.7 Å². The van der Waals surface area contributed by atoms with Crippen LogP contribution in [0.5, 0.6) is 0 Å². The van der Waals surface area contributed by atoms with Gasteiger partial charge in [0.2, 0.25) is 11.8 Å². The predicted molar refractivity (Wildman–Crippen MR) is 87.8 cm³/mol. The van der Waals surface area contributed by atoms with E-state index in [-0.39, 0.29) is 16.6 Å². The molecule has 0 fully saturated rings. The highest BCUT2D eigenvalue weighted by Crippen LogP contribution is 2.26. The molecule has 0 atom stereocenters. The molecule has 0 bridgehead atoms. The molecule has 0 aliphatic heterocycles. The number of aryl methyl sites for hydroxylation is 1. The number of rotatable bonds is 5. The molecule has 9 heteroatoms. The zero-order chi connectivity index (χ0) is 16.4. The van der Waals surface area contributed by atoms with Gasteiger partial charge in [0.15, 0.2) is 0 Å². The maximum Gasteiger partial charge on any atom is 0.250 e. The van der Waals surface area contributed by atoms with Crippen LogP contribution < -0.4 is 4.72 Å². The Labute approximate surface area is 142 Å². The van der Waals surface area contributed by atoms with Crippen molar-refractivity contribution < 1.29 is 12.8 Å². The molecule has 0 saturated carbocycles. The van der Waals surface area contributed by atoms with Crippen LogP contribution in [0.15, 0.2) is 45.0 Å². The predicted octanol–water partition coefficient (Wildman–Crippen LogP) is 3.24. The first-order valence-corrected chi connectivity index (χ1v) is 9.27. The van der Waals surface area contributed by atoms with Crippen molar-refractivity contribution in [3.8, 4) is 11.5 Å². The second-order valence-corrected chi connectivity index (χ2v) is 8.41. The summed E-state index contributed by atoms with van der Waals surface area (Å²) in [7, 11) is -3.64. The minimum absolute atomic E-state index is 0.0866. The molecular formula is C14H12ClN3O3S2. The van der Waals surface area contributed by atoms with Crippen LogP contribution in [0.25, 0.3) is 11.5 Å². The van der Waals surface area contributed by atoms with Crippen molar-refractivity contribution >= 4 is 33.0 Å². The zero-order valence-corrected chi connectivity index (χ0v) is 14.4. The SMILES string of the molecule is Cc1ccccc1-c1nnc(CNS(=O)(=O)c2ccc(Cl)s2)o1. The van der Waals surface area contributed by atoms with Crippen molar-refractivity contribution in [2.75, 3.05) is 0 Å². The first kappa shape index (κ1) is 16.1. The molecule has 0 saturated heterocycles. The average molecular weight is 370 g/mol. The number of halogens is 1. The number of hydrogen-bond acceptors (Lipinski definition) is 6. The Bertz CT molecular complexity index is 934. The summed E-state index contributed by atoms with van der Waals surface area (Å²) >= 11 is 6.74. The van der Waals surface area contributed by atoms with E-state index in [2.05, 4.69) is 14.9 Å². The van der Waals surface area contributed by atoms with Crippen LogP contribution in [0.1, 0.15) is 11.5 Å². The molecule has 0 aliphatic carbocycles. The van der Waals surface area contributed by atoms with Gasteiger partial charge in [-0.15, -0.1) is 21.5 Å². The van der Waals surface area contributed by atoms with Crippen LogP contribution in [0.2, 0.25) is 4.34 Å². The van der Waals surface area contributed by atoms with Gasteiger partial charge in [0.1, 0.15) is 4.21 Å². The van der Waals surface area contributed by atoms with Crippen LogP contribution >= 0.6 is 22.9 Å². The lowest BCUT2D eigenvalue weighted by Crippen LogP contribution is -2.22. The summed E-state index contributed by atoms with van der Waals surface area (Å²) in [6.45, 7) is 1.85. The third-order valence-electron chi connectivity index (χ3n) is 3.07. The molecular weight excluding hydrogens is 358 g/mol. The van der Waals surface area contributed by atoms with Crippen LogP contribution in [0.4, 0.5) is 0 Å². The standard InChI is InChI=1S/C14H12ClN3O3S2/c1-9-4-2-3-5-10(9)14-18-17-12(21-14)8-16-23(19,20)13-7-6-11(15)22-13/h2-7,16H,8H2,1H3. The summed E-state index contributed by atoms with van der Waals surface area (Å²) in [5, 5.41) is 7.82. The van der Waals surface area contributed by atoms with Gasteiger partial charge >= 0.3 is 0 Å². The third-order valence-corrected chi connectivity index (χ3v) is 6.19. The van der Waals surface area contributed by atoms with E-state index >= 15 is 0 Å². The Balaban J connectivity index is 1.74. The molecule has 0 radical (unpaired) electrons. The Kier molecular flexibility index (Phi) is 4.49. The molecule has 2 heterocycles. The van der Waals surface area contributed by atoms with E-state index in [0.29, 0.717) is 10.2 Å². The van der Waals surface area contributed by atoms with Crippen molar-refractivity contribution in [1.29, 1.82) is 0 Å². The van der Waals surface area contributed by atoms with Crippen LogP contribution in [-0.2, 0) is 16.6 Å². The monoisotopic (exact) mass is 369 g/mol. The lowest BCUT2D eigenvalue weighted by atomic mass is 10.1. The van der Waals surface area contributed by atoms with Gasteiger partial charge in [-0.2, -0.15) is 0 Å². The first-order valence-electron chi connectivity index (χ1n) is 6.59. The lowest BCUT2D eigenvalue weighted by Gasteiger charge is -2.01. The second kappa shape index (κ2) is 6.40. The number of benzene rings is 1. The zero-order valence-electron chi connectivity index (χ0n) is 12.0. The highest BCUT2D eigenvalue weighted by Gasteiger charge is 2.18. The summed E-state index contributed by atoms with van der Waals surface area (Å²) in [5.74, 6) is 0.547. The average Bonchev–Trinajstić information content (AvgIpc) is 3.15. The minimum atomic E-state index is -3.64. The van der Waals surface area contributed by atoms with Crippen LogP contribution in [0.3, 0.4) is 0 Å². The molecule has 1 aromatic carbocycles. The van der Waals surface area contributed by atoms with E-state index in [0.717, 1.165) is 22.5 Å². The molecule has 0 spiro atoms. The highest BCUT2D eigenvalue weighted by molar-refractivity contribution is 7.91. The number of nitrogens with one attached hydrogen (secondary N) is 1.